The third-order valence-electron chi connectivity index (χ3n) is 3.73. The van der Waals surface area contributed by atoms with Crippen LogP contribution in [0.1, 0.15) is 30.0 Å². The molecule has 1 atom stereocenters. The van der Waals surface area contributed by atoms with Crippen LogP contribution in [-0.4, -0.2) is 14.2 Å². The van der Waals surface area contributed by atoms with Crippen LogP contribution in [0.2, 0.25) is 0 Å². The second-order valence-corrected chi connectivity index (χ2v) is 5.11. The van der Waals surface area contributed by atoms with E-state index in [9.17, 15) is 4.39 Å². The third kappa shape index (κ3) is 4.30. The highest BCUT2D eigenvalue weighted by Crippen LogP contribution is 2.25. The Kier molecular flexibility index (Phi) is 5.76. The number of aryl methyl sites for hydroxylation is 1. The lowest BCUT2D eigenvalue weighted by molar-refractivity contribution is 0.408. The quantitative estimate of drug-likeness (QED) is 0.827. The third-order valence-corrected chi connectivity index (χ3v) is 3.73. The van der Waals surface area contributed by atoms with Crippen LogP contribution < -0.4 is 10.1 Å². The minimum Gasteiger partial charge on any atom is -0.497 e. The van der Waals surface area contributed by atoms with E-state index in [2.05, 4.69) is 17.4 Å². The fourth-order valence-electron chi connectivity index (χ4n) is 2.53. The number of nitrogens with one attached hydrogen (secondary N) is 1. The fraction of sp³-hybridized carbons (Fsp3) is 0.333. The van der Waals surface area contributed by atoms with Gasteiger partial charge in [-0.2, -0.15) is 0 Å². The fourth-order valence-corrected chi connectivity index (χ4v) is 2.53. The molecule has 0 amide bonds. The second kappa shape index (κ2) is 7.79. The maximum atomic E-state index is 14.1. The van der Waals surface area contributed by atoms with Crippen molar-refractivity contribution in [2.24, 2.45) is 0 Å². The molecule has 0 radical (unpaired) electrons. The molecule has 0 saturated heterocycles. The zero-order valence-electron chi connectivity index (χ0n) is 12.6. The number of rotatable bonds is 7. The van der Waals surface area contributed by atoms with Crippen molar-refractivity contribution < 1.29 is 9.13 Å². The number of methoxy groups -OCH3 is 1. The van der Waals surface area contributed by atoms with E-state index in [-0.39, 0.29) is 11.9 Å². The van der Waals surface area contributed by atoms with Gasteiger partial charge in [-0.05, 0) is 37.9 Å². The summed E-state index contributed by atoms with van der Waals surface area (Å²) in [6.45, 7) is 0. The van der Waals surface area contributed by atoms with Crippen LogP contribution in [0.4, 0.5) is 4.39 Å². The number of ether oxygens (including phenoxy) is 1. The van der Waals surface area contributed by atoms with Crippen molar-refractivity contribution in [1.82, 2.24) is 5.32 Å². The van der Waals surface area contributed by atoms with Crippen LogP contribution in [0.15, 0.2) is 48.5 Å². The summed E-state index contributed by atoms with van der Waals surface area (Å²) in [7, 11) is 3.42. The van der Waals surface area contributed by atoms with E-state index in [4.69, 9.17) is 4.74 Å². The van der Waals surface area contributed by atoms with Gasteiger partial charge in [0.05, 0.1) is 7.11 Å². The summed E-state index contributed by atoms with van der Waals surface area (Å²) in [4.78, 5) is 0. The van der Waals surface area contributed by atoms with E-state index in [1.165, 1.54) is 11.6 Å². The normalized spacial score (nSPS) is 12.1. The van der Waals surface area contributed by atoms with Gasteiger partial charge in [-0.3, -0.25) is 0 Å². The van der Waals surface area contributed by atoms with Gasteiger partial charge in [0.1, 0.15) is 11.6 Å². The summed E-state index contributed by atoms with van der Waals surface area (Å²) in [5.74, 6) is 0.337. The molecule has 3 heteroatoms. The van der Waals surface area contributed by atoms with Crippen molar-refractivity contribution in [2.45, 2.75) is 25.3 Å². The average molecular weight is 287 g/mol. The maximum Gasteiger partial charge on any atom is 0.131 e. The van der Waals surface area contributed by atoms with Crippen LogP contribution >= 0.6 is 0 Å². The lowest BCUT2D eigenvalue weighted by atomic mass is 9.98. The first-order chi connectivity index (χ1) is 10.2. The summed E-state index contributed by atoms with van der Waals surface area (Å²) < 4.78 is 19.1. The van der Waals surface area contributed by atoms with Crippen LogP contribution in [0.3, 0.4) is 0 Å². The molecule has 0 bridgehead atoms. The molecule has 0 spiro atoms. The second-order valence-electron chi connectivity index (χ2n) is 5.11. The Morgan fingerprint density at radius 2 is 1.90 bits per heavy atom. The number of hydrogen-bond donors (Lipinski definition) is 1. The Morgan fingerprint density at radius 3 is 2.52 bits per heavy atom. The Hall–Kier alpha value is -1.87. The van der Waals surface area contributed by atoms with Gasteiger partial charge in [0.2, 0.25) is 0 Å². The topological polar surface area (TPSA) is 21.3 Å². The molecule has 0 fully saturated rings. The van der Waals surface area contributed by atoms with Crippen molar-refractivity contribution in [3.05, 3.63) is 65.5 Å². The van der Waals surface area contributed by atoms with Gasteiger partial charge in [0.15, 0.2) is 0 Å². The number of benzene rings is 2. The molecular formula is C18H22FNO. The van der Waals surface area contributed by atoms with Gasteiger partial charge in [-0.25, -0.2) is 4.39 Å². The maximum absolute atomic E-state index is 14.1. The van der Waals surface area contributed by atoms with Crippen LogP contribution in [0, 0.1) is 5.82 Å². The highest BCUT2D eigenvalue weighted by Gasteiger charge is 2.14. The molecule has 21 heavy (non-hydrogen) atoms. The smallest absolute Gasteiger partial charge is 0.131 e. The van der Waals surface area contributed by atoms with E-state index < -0.39 is 0 Å². The zero-order valence-corrected chi connectivity index (χ0v) is 12.6. The average Bonchev–Trinajstić information content (AvgIpc) is 2.53. The molecule has 1 unspecified atom stereocenters. The van der Waals surface area contributed by atoms with Crippen molar-refractivity contribution in [3.8, 4) is 5.75 Å². The molecule has 0 aromatic heterocycles. The molecule has 1 N–H and O–H groups in total. The molecule has 0 saturated carbocycles. The van der Waals surface area contributed by atoms with E-state index in [1.807, 2.05) is 25.2 Å². The Labute approximate surface area is 126 Å². The van der Waals surface area contributed by atoms with Crippen molar-refractivity contribution in [3.63, 3.8) is 0 Å². The van der Waals surface area contributed by atoms with E-state index in [0.717, 1.165) is 19.3 Å². The molecule has 0 heterocycles. The Bertz CT molecular complexity index is 556. The minimum absolute atomic E-state index is 0.0274. The van der Waals surface area contributed by atoms with Crippen molar-refractivity contribution in [2.75, 3.05) is 14.2 Å². The monoisotopic (exact) mass is 287 g/mol. The zero-order chi connectivity index (χ0) is 15.1. The van der Waals surface area contributed by atoms with Gasteiger partial charge >= 0.3 is 0 Å². The summed E-state index contributed by atoms with van der Waals surface area (Å²) in [6, 6.07) is 15.5. The summed E-state index contributed by atoms with van der Waals surface area (Å²) in [5.41, 5.74) is 2.02. The predicted molar refractivity (Wildman–Crippen MR) is 84.1 cm³/mol. The highest BCUT2D eigenvalue weighted by atomic mass is 19.1. The van der Waals surface area contributed by atoms with E-state index in [0.29, 0.717) is 11.3 Å². The highest BCUT2D eigenvalue weighted by molar-refractivity contribution is 5.30. The lowest BCUT2D eigenvalue weighted by Gasteiger charge is -2.18. The van der Waals surface area contributed by atoms with Crippen LogP contribution in [0.5, 0.6) is 5.75 Å². The van der Waals surface area contributed by atoms with Crippen molar-refractivity contribution in [1.29, 1.82) is 0 Å². The van der Waals surface area contributed by atoms with Gasteiger partial charge in [0, 0.05) is 17.7 Å². The molecule has 2 nitrogen and oxygen atoms in total. The van der Waals surface area contributed by atoms with Crippen LogP contribution in [-0.2, 0) is 6.42 Å². The predicted octanol–water partition coefficient (Wildman–Crippen LogP) is 4.12. The first kappa shape index (κ1) is 15.5. The van der Waals surface area contributed by atoms with E-state index in [1.54, 1.807) is 19.2 Å². The molecule has 0 aliphatic heterocycles. The Balaban J connectivity index is 1.96. The first-order valence-corrected chi connectivity index (χ1v) is 7.29. The van der Waals surface area contributed by atoms with Crippen LogP contribution in [0.25, 0.3) is 0 Å². The first-order valence-electron chi connectivity index (χ1n) is 7.29. The number of halogens is 1. The summed E-state index contributed by atoms with van der Waals surface area (Å²) >= 11 is 0. The standard InChI is InChI=1S/C18H22FNO/c1-20-18(10-6-9-14-7-4-3-5-8-14)16-12-11-15(21-2)13-17(16)19/h3-5,7-8,11-13,18,20H,6,9-10H2,1-2H3. The van der Waals surface area contributed by atoms with E-state index >= 15 is 0 Å². The number of hydrogen-bond acceptors (Lipinski definition) is 2. The molecular weight excluding hydrogens is 265 g/mol. The molecule has 0 aliphatic rings. The molecule has 2 rings (SSSR count). The molecule has 2 aromatic carbocycles. The summed E-state index contributed by atoms with van der Waals surface area (Å²) in [5, 5.41) is 3.20. The van der Waals surface area contributed by atoms with Gasteiger partial charge in [0.25, 0.3) is 0 Å². The largest absolute Gasteiger partial charge is 0.497 e. The minimum atomic E-state index is -0.214. The molecule has 2 aromatic rings. The summed E-state index contributed by atoms with van der Waals surface area (Å²) in [6.07, 6.45) is 2.92. The Morgan fingerprint density at radius 1 is 1.14 bits per heavy atom. The lowest BCUT2D eigenvalue weighted by Crippen LogP contribution is -2.18. The van der Waals surface area contributed by atoms with Gasteiger partial charge in [-0.1, -0.05) is 36.4 Å². The molecule has 112 valence electrons. The SMILES string of the molecule is CNC(CCCc1ccccc1)c1ccc(OC)cc1F. The van der Waals surface area contributed by atoms with Crippen molar-refractivity contribution >= 4 is 0 Å². The molecule has 0 aliphatic carbocycles. The van der Waals surface area contributed by atoms with Gasteiger partial charge < -0.3 is 10.1 Å². The van der Waals surface area contributed by atoms with Gasteiger partial charge in [-0.15, -0.1) is 0 Å².